The smallest absolute Gasteiger partial charge is 0.0594 e. The summed E-state index contributed by atoms with van der Waals surface area (Å²) >= 11 is 0. The number of morpholine rings is 1. The minimum absolute atomic E-state index is 0.132. The molecule has 1 saturated heterocycles. The molecule has 0 aromatic heterocycles. The molecule has 3 unspecified atom stereocenters. The van der Waals surface area contributed by atoms with E-state index >= 15 is 0 Å². The van der Waals surface area contributed by atoms with E-state index in [0.29, 0.717) is 0 Å². The van der Waals surface area contributed by atoms with E-state index in [1.54, 1.807) is 0 Å². The summed E-state index contributed by atoms with van der Waals surface area (Å²) in [6.45, 7) is 12.9. The molecule has 1 fully saturated rings. The molecule has 102 valence electrons. The third kappa shape index (κ3) is 3.67. The summed E-state index contributed by atoms with van der Waals surface area (Å²) in [5.74, 6) is 0.719. The van der Waals surface area contributed by atoms with Gasteiger partial charge in [-0.2, -0.15) is 0 Å². The van der Waals surface area contributed by atoms with Crippen LogP contribution in [0.25, 0.3) is 0 Å². The summed E-state index contributed by atoms with van der Waals surface area (Å²) in [5, 5.41) is 0. The van der Waals surface area contributed by atoms with Gasteiger partial charge in [0.05, 0.1) is 13.2 Å². The van der Waals surface area contributed by atoms with Crippen LogP contribution in [0.5, 0.6) is 0 Å². The maximum absolute atomic E-state index is 6.49. The van der Waals surface area contributed by atoms with Gasteiger partial charge in [-0.1, -0.05) is 27.2 Å². The van der Waals surface area contributed by atoms with Gasteiger partial charge in [0, 0.05) is 24.7 Å². The summed E-state index contributed by atoms with van der Waals surface area (Å²) in [7, 11) is 0. The molecule has 3 atom stereocenters. The van der Waals surface area contributed by atoms with Crippen LogP contribution in [0.4, 0.5) is 0 Å². The Morgan fingerprint density at radius 1 is 1.29 bits per heavy atom. The fraction of sp³-hybridized carbons (Fsp3) is 1.00. The van der Waals surface area contributed by atoms with E-state index in [1.807, 2.05) is 0 Å². The Balaban J connectivity index is 2.64. The van der Waals surface area contributed by atoms with Crippen LogP contribution in [0.3, 0.4) is 0 Å². The lowest BCUT2D eigenvalue weighted by molar-refractivity contribution is -0.0298. The molecule has 1 heterocycles. The highest BCUT2D eigenvalue weighted by Crippen LogP contribution is 2.27. The zero-order valence-corrected chi connectivity index (χ0v) is 12.0. The average Bonchev–Trinajstić information content (AvgIpc) is 2.38. The van der Waals surface area contributed by atoms with Crippen LogP contribution in [0.15, 0.2) is 0 Å². The van der Waals surface area contributed by atoms with Crippen LogP contribution < -0.4 is 5.73 Å². The molecule has 2 N–H and O–H groups in total. The molecule has 3 heteroatoms. The molecule has 0 aromatic carbocycles. The molecule has 0 amide bonds. The summed E-state index contributed by atoms with van der Waals surface area (Å²) in [6, 6.07) is 0.264. The largest absolute Gasteiger partial charge is 0.379 e. The Bertz CT molecular complexity index is 216. The van der Waals surface area contributed by atoms with Crippen molar-refractivity contribution >= 4 is 0 Å². The highest BCUT2D eigenvalue weighted by Gasteiger charge is 2.37. The summed E-state index contributed by atoms with van der Waals surface area (Å²) in [4.78, 5) is 2.53. The lowest BCUT2D eigenvalue weighted by atomic mass is 9.82. The molecule has 0 aromatic rings. The van der Waals surface area contributed by atoms with Gasteiger partial charge in [0.2, 0.25) is 0 Å². The second-order valence-corrected chi connectivity index (χ2v) is 5.67. The summed E-state index contributed by atoms with van der Waals surface area (Å²) in [5.41, 5.74) is 6.62. The van der Waals surface area contributed by atoms with Crippen molar-refractivity contribution in [2.24, 2.45) is 11.7 Å². The highest BCUT2D eigenvalue weighted by atomic mass is 16.5. The molecule has 17 heavy (non-hydrogen) atoms. The maximum atomic E-state index is 6.49. The van der Waals surface area contributed by atoms with Crippen molar-refractivity contribution in [2.75, 3.05) is 26.3 Å². The minimum atomic E-state index is 0.132. The number of nitrogens with zero attached hydrogens (tertiary/aromatic N) is 1. The van der Waals surface area contributed by atoms with E-state index in [4.69, 9.17) is 10.5 Å². The minimum Gasteiger partial charge on any atom is -0.379 e. The SMILES string of the molecule is CCC(C)CC(N)C(C)(CC)N1CCOCC1. The third-order valence-electron chi connectivity index (χ3n) is 4.60. The molecule has 1 aliphatic heterocycles. The van der Waals surface area contributed by atoms with Crippen molar-refractivity contribution in [3.8, 4) is 0 Å². The molecule has 0 spiro atoms. The lowest BCUT2D eigenvalue weighted by Gasteiger charge is -2.47. The zero-order chi connectivity index (χ0) is 12.9. The van der Waals surface area contributed by atoms with Crippen molar-refractivity contribution < 1.29 is 4.74 Å². The predicted molar refractivity (Wildman–Crippen MR) is 73.1 cm³/mol. The van der Waals surface area contributed by atoms with E-state index in [-0.39, 0.29) is 11.6 Å². The zero-order valence-electron chi connectivity index (χ0n) is 12.0. The number of nitrogens with two attached hydrogens (primary N) is 1. The normalized spacial score (nSPS) is 25.2. The van der Waals surface area contributed by atoms with Crippen molar-refractivity contribution in [2.45, 2.75) is 58.5 Å². The van der Waals surface area contributed by atoms with Gasteiger partial charge in [-0.15, -0.1) is 0 Å². The van der Waals surface area contributed by atoms with Gasteiger partial charge in [-0.25, -0.2) is 0 Å². The molecule has 3 nitrogen and oxygen atoms in total. The fourth-order valence-electron chi connectivity index (χ4n) is 2.65. The predicted octanol–water partition coefficient (Wildman–Crippen LogP) is 2.25. The van der Waals surface area contributed by atoms with E-state index in [9.17, 15) is 0 Å². The van der Waals surface area contributed by atoms with Crippen molar-refractivity contribution in [1.82, 2.24) is 4.90 Å². The van der Waals surface area contributed by atoms with Crippen LogP contribution in [0.1, 0.15) is 47.0 Å². The van der Waals surface area contributed by atoms with E-state index in [1.165, 1.54) is 6.42 Å². The van der Waals surface area contributed by atoms with Gasteiger partial charge < -0.3 is 10.5 Å². The quantitative estimate of drug-likeness (QED) is 0.776. The van der Waals surface area contributed by atoms with Gasteiger partial charge in [0.1, 0.15) is 0 Å². The first-order valence-corrected chi connectivity index (χ1v) is 7.13. The van der Waals surface area contributed by atoms with Gasteiger partial charge in [0.25, 0.3) is 0 Å². The Morgan fingerprint density at radius 3 is 2.35 bits per heavy atom. The van der Waals surface area contributed by atoms with E-state index in [0.717, 1.165) is 45.1 Å². The Hall–Kier alpha value is -0.120. The number of hydrogen-bond acceptors (Lipinski definition) is 3. The molecule has 0 radical (unpaired) electrons. The monoisotopic (exact) mass is 242 g/mol. The summed E-state index contributed by atoms with van der Waals surface area (Å²) in [6.07, 6.45) is 3.46. The standard InChI is InChI=1S/C14H30N2O/c1-5-12(3)11-13(15)14(4,6-2)16-7-9-17-10-8-16/h12-13H,5-11,15H2,1-4H3. The molecular weight excluding hydrogens is 212 g/mol. The van der Waals surface area contributed by atoms with Crippen molar-refractivity contribution in [3.05, 3.63) is 0 Å². The Labute approximate surface area is 107 Å². The molecular formula is C14H30N2O. The second kappa shape index (κ2) is 6.72. The topological polar surface area (TPSA) is 38.5 Å². The van der Waals surface area contributed by atoms with E-state index < -0.39 is 0 Å². The molecule has 0 bridgehead atoms. The lowest BCUT2D eigenvalue weighted by Crippen LogP contribution is -2.60. The van der Waals surface area contributed by atoms with Crippen molar-refractivity contribution in [3.63, 3.8) is 0 Å². The first-order valence-electron chi connectivity index (χ1n) is 7.13. The first-order chi connectivity index (χ1) is 8.04. The number of hydrogen-bond donors (Lipinski definition) is 1. The number of ether oxygens (including phenoxy) is 1. The van der Waals surface area contributed by atoms with Crippen LogP contribution in [0.2, 0.25) is 0 Å². The van der Waals surface area contributed by atoms with Crippen LogP contribution >= 0.6 is 0 Å². The maximum Gasteiger partial charge on any atom is 0.0594 e. The fourth-order valence-corrected chi connectivity index (χ4v) is 2.65. The van der Waals surface area contributed by atoms with Gasteiger partial charge in [-0.05, 0) is 25.7 Å². The number of rotatable bonds is 6. The third-order valence-corrected chi connectivity index (χ3v) is 4.60. The summed E-state index contributed by atoms with van der Waals surface area (Å²) < 4.78 is 5.44. The van der Waals surface area contributed by atoms with Gasteiger partial charge in [-0.3, -0.25) is 4.90 Å². The van der Waals surface area contributed by atoms with Crippen LogP contribution in [-0.4, -0.2) is 42.8 Å². The Kier molecular flexibility index (Phi) is 5.90. The second-order valence-electron chi connectivity index (χ2n) is 5.67. The van der Waals surface area contributed by atoms with Crippen molar-refractivity contribution in [1.29, 1.82) is 0 Å². The first kappa shape index (κ1) is 14.9. The van der Waals surface area contributed by atoms with Gasteiger partial charge >= 0.3 is 0 Å². The van der Waals surface area contributed by atoms with E-state index in [2.05, 4.69) is 32.6 Å². The van der Waals surface area contributed by atoms with Crippen LogP contribution in [-0.2, 0) is 4.74 Å². The molecule has 0 aliphatic carbocycles. The Morgan fingerprint density at radius 2 is 1.88 bits per heavy atom. The van der Waals surface area contributed by atoms with Crippen LogP contribution in [0, 0.1) is 5.92 Å². The highest BCUT2D eigenvalue weighted by molar-refractivity contribution is 4.95. The molecule has 0 saturated carbocycles. The van der Waals surface area contributed by atoms with Gasteiger partial charge in [0.15, 0.2) is 0 Å². The molecule has 1 rings (SSSR count). The average molecular weight is 242 g/mol. The molecule has 1 aliphatic rings.